The quantitative estimate of drug-likeness (QED) is 0.682. The molecule has 0 bridgehead atoms. The summed E-state index contributed by atoms with van der Waals surface area (Å²) in [5.74, 6) is -0.877. The van der Waals surface area contributed by atoms with Crippen LogP contribution in [0.2, 0.25) is 5.02 Å². The SMILES string of the molecule is CCNC(=O)c1ccc(Br)cc1NC(=O)Nc1cc(F)cc(Cl)c1. The number of hydrogen-bond donors (Lipinski definition) is 3. The van der Waals surface area contributed by atoms with Gasteiger partial charge in [0, 0.05) is 21.7 Å². The normalized spacial score (nSPS) is 10.2. The Bertz CT molecular complexity index is 766. The molecule has 0 radical (unpaired) electrons. The summed E-state index contributed by atoms with van der Waals surface area (Å²) in [4.78, 5) is 24.2. The van der Waals surface area contributed by atoms with Crippen molar-refractivity contribution >= 4 is 50.8 Å². The highest BCUT2D eigenvalue weighted by atomic mass is 79.9. The summed E-state index contributed by atoms with van der Waals surface area (Å²) >= 11 is 9.04. The van der Waals surface area contributed by atoms with Crippen LogP contribution in [0.15, 0.2) is 40.9 Å². The molecule has 0 fully saturated rings. The van der Waals surface area contributed by atoms with E-state index in [1.807, 2.05) is 0 Å². The highest BCUT2D eigenvalue weighted by Gasteiger charge is 2.14. The lowest BCUT2D eigenvalue weighted by Gasteiger charge is -2.12. The number of anilines is 2. The Morgan fingerprint density at radius 3 is 2.58 bits per heavy atom. The average molecular weight is 415 g/mol. The van der Waals surface area contributed by atoms with Crippen LogP contribution in [0.4, 0.5) is 20.6 Å². The van der Waals surface area contributed by atoms with Crippen LogP contribution in [0.3, 0.4) is 0 Å². The van der Waals surface area contributed by atoms with E-state index < -0.39 is 11.8 Å². The Morgan fingerprint density at radius 2 is 1.92 bits per heavy atom. The van der Waals surface area contributed by atoms with Crippen molar-refractivity contribution < 1.29 is 14.0 Å². The summed E-state index contributed by atoms with van der Waals surface area (Å²) in [6, 6.07) is 7.94. The molecule has 0 aliphatic rings. The number of carbonyl (C=O) groups excluding carboxylic acids is 2. The van der Waals surface area contributed by atoms with Gasteiger partial charge in [-0.1, -0.05) is 27.5 Å². The summed E-state index contributed by atoms with van der Waals surface area (Å²) in [6.45, 7) is 2.26. The number of hydrogen-bond acceptors (Lipinski definition) is 2. The average Bonchev–Trinajstić information content (AvgIpc) is 2.46. The molecule has 0 spiro atoms. The van der Waals surface area contributed by atoms with Gasteiger partial charge in [-0.05, 0) is 43.3 Å². The Kier molecular flexibility index (Phi) is 6.16. The second-order valence-corrected chi connectivity index (χ2v) is 6.14. The van der Waals surface area contributed by atoms with Crippen LogP contribution in [0.1, 0.15) is 17.3 Å². The van der Waals surface area contributed by atoms with E-state index in [-0.39, 0.29) is 16.6 Å². The number of amides is 3. The Hall–Kier alpha value is -2.12. The van der Waals surface area contributed by atoms with Gasteiger partial charge in [0.2, 0.25) is 0 Å². The molecule has 0 aromatic heterocycles. The molecule has 0 saturated heterocycles. The molecule has 0 aliphatic heterocycles. The van der Waals surface area contributed by atoms with E-state index in [0.29, 0.717) is 22.3 Å². The first kappa shape index (κ1) is 18.2. The molecule has 0 atom stereocenters. The highest BCUT2D eigenvalue weighted by molar-refractivity contribution is 9.10. The zero-order chi connectivity index (χ0) is 17.7. The number of benzene rings is 2. The molecule has 24 heavy (non-hydrogen) atoms. The molecule has 0 unspecified atom stereocenters. The molecule has 8 heteroatoms. The molecule has 0 heterocycles. The second kappa shape index (κ2) is 8.12. The third-order valence-corrected chi connectivity index (χ3v) is 3.64. The fraction of sp³-hybridized carbons (Fsp3) is 0.125. The van der Waals surface area contributed by atoms with E-state index in [2.05, 4.69) is 31.9 Å². The van der Waals surface area contributed by atoms with Crippen LogP contribution in [0.25, 0.3) is 0 Å². The number of halogens is 3. The lowest BCUT2D eigenvalue weighted by Crippen LogP contribution is -2.26. The first-order valence-corrected chi connectivity index (χ1v) is 8.18. The maximum absolute atomic E-state index is 13.3. The molecule has 0 saturated carbocycles. The third kappa shape index (κ3) is 4.94. The van der Waals surface area contributed by atoms with Gasteiger partial charge in [0.25, 0.3) is 5.91 Å². The highest BCUT2D eigenvalue weighted by Crippen LogP contribution is 2.23. The van der Waals surface area contributed by atoms with Crippen molar-refractivity contribution in [1.82, 2.24) is 5.32 Å². The Labute approximate surface area is 151 Å². The molecule has 0 aliphatic carbocycles. The third-order valence-electron chi connectivity index (χ3n) is 2.93. The molecular formula is C16H14BrClFN3O2. The zero-order valence-electron chi connectivity index (χ0n) is 12.6. The van der Waals surface area contributed by atoms with E-state index >= 15 is 0 Å². The lowest BCUT2D eigenvalue weighted by molar-refractivity contribution is 0.0956. The summed E-state index contributed by atoms with van der Waals surface area (Å²) in [5.41, 5.74) is 0.829. The van der Waals surface area contributed by atoms with Crippen LogP contribution >= 0.6 is 27.5 Å². The van der Waals surface area contributed by atoms with E-state index in [1.165, 1.54) is 6.07 Å². The molecule has 2 aromatic rings. The monoisotopic (exact) mass is 413 g/mol. The van der Waals surface area contributed by atoms with E-state index in [0.717, 1.165) is 12.1 Å². The van der Waals surface area contributed by atoms with Gasteiger partial charge >= 0.3 is 6.03 Å². The van der Waals surface area contributed by atoms with Crippen molar-refractivity contribution in [2.24, 2.45) is 0 Å². The molecule has 126 valence electrons. The van der Waals surface area contributed by atoms with Crippen LogP contribution in [0, 0.1) is 5.82 Å². The van der Waals surface area contributed by atoms with Gasteiger partial charge < -0.3 is 16.0 Å². The predicted octanol–water partition coefficient (Wildman–Crippen LogP) is 4.64. The maximum atomic E-state index is 13.3. The van der Waals surface area contributed by atoms with E-state index in [4.69, 9.17) is 11.6 Å². The first-order valence-electron chi connectivity index (χ1n) is 7.01. The predicted molar refractivity (Wildman–Crippen MR) is 96.2 cm³/mol. The molecule has 3 amide bonds. The van der Waals surface area contributed by atoms with Crippen molar-refractivity contribution in [3.63, 3.8) is 0 Å². The van der Waals surface area contributed by atoms with Gasteiger partial charge in [-0.15, -0.1) is 0 Å². The van der Waals surface area contributed by atoms with Crippen molar-refractivity contribution in [2.75, 3.05) is 17.2 Å². The van der Waals surface area contributed by atoms with Gasteiger partial charge in [0.15, 0.2) is 0 Å². The minimum absolute atomic E-state index is 0.163. The number of carbonyl (C=O) groups is 2. The van der Waals surface area contributed by atoms with Crippen molar-refractivity contribution in [1.29, 1.82) is 0 Å². The van der Waals surface area contributed by atoms with E-state index in [9.17, 15) is 14.0 Å². The molecule has 5 nitrogen and oxygen atoms in total. The minimum Gasteiger partial charge on any atom is -0.352 e. The molecule has 2 rings (SSSR count). The van der Waals surface area contributed by atoms with Gasteiger partial charge in [-0.2, -0.15) is 0 Å². The number of rotatable bonds is 4. The number of nitrogens with one attached hydrogen (secondary N) is 3. The van der Waals surface area contributed by atoms with Gasteiger partial charge in [-0.25, -0.2) is 9.18 Å². The fourth-order valence-electron chi connectivity index (χ4n) is 1.98. The van der Waals surface area contributed by atoms with Crippen molar-refractivity contribution in [3.05, 3.63) is 57.3 Å². The second-order valence-electron chi connectivity index (χ2n) is 4.79. The summed E-state index contributed by atoms with van der Waals surface area (Å²) in [5, 5.41) is 7.87. The summed E-state index contributed by atoms with van der Waals surface area (Å²) < 4.78 is 14.0. The van der Waals surface area contributed by atoms with Crippen LogP contribution in [0.5, 0.6) is 0 Å². The summed E-state index contributed by atoms with van der Waals surface area (Å²) in [7, 11) is 0. The zero-order valence-corrected chi connectivity index (χ0v) is 15.0. The van der Waals surface area contributed by atoms with Crippen molar-refractivity contribution in [3.8, 4) is 0 Å². The molecule has 2 aromatic carbocycles. The van der Waals surface area contributed by atoms with Crippen LogP contribution in [-0.2, 0) is 0 Å². The Morgan fingerprint density at radius 1 is 1.17 bits per heavy atom. The summed E-state index contributed by atoms with van der Waals surface area (Å²) in [6.07, 6.45) is 0. The maximum Gasteiger partial charge on any atom is 0.323 e. The van der Waals surface area contributed by atoms with Gasteiger partial charge in [-0.3, -0.25) is 4.79 Å². The molecule has 3 N–H and O–H groups in total. The first-order chi connectivity index (χ1) is 11.4. The minimum atomic E-state index is -0.625. The largest absolute Gasteiger partial charge is 0.352 e. The Balaban J connectivity index is 2.18. The van der Waals surface area contributed by atoms with Gasteiger partial charge in [0.1, 0.15) is 5.82 Å². The number of urea groups is 1. The smallest absolute Gasteiger partial charge is 0.323 e. The molecular weight excluding hydrogens is 401 g/mol. The van der Waals surface area contributed by atoms with Crippen LogP contribution in [-0.4, -0.2) is 18.5 Å². The fourth-order valence-corrected chi connectivity index (χ4v) is 2.57. The topological polar surface area (TPSA) is 70.2 Å². The van der Waals surface area contributed by atoms with Gasteiger partial charge in [0.05, 0.1) is 11.3 Å². The van der Waals surface area contributed by atoms with Crippen molar-refractivity contribution in [2.45, 2.75) is 6.92 Å². The van der Waals surface area contributed by atoms with E-state index in [1.54, 1.807) is 25.1 Å². The van der Waals surface area contributed by atoms with Crippen LogP contribution < -0.4 is 16.0 Å². The standard InChI is InChI=1S/C16H14BrClFN3O2/c1-2-20-15(23)13-4-3-9(17)5-14(13)22-16(24)21-12-7-10(18)6-11(19)8-12/h3-8H,2H2,1H3,(H,20,23)(H2,21,22,24). The lowest BCUT2D eigenvalue weighted by atomic mass is 10.1.